The summed E-state index contributed by atoms with van der Waals surface area (Å²) in [4.78, 5) is 24.5. The zero-order chi connectivity index (χ0) is 22.5. The van der Waals surface area contributed by atoms with E-state index in [0.29, 0.717) is 19.8 Å². The van der Waals surface area contributed by atoms with Crippen molar-refractivity contribution in [2.45, 2.75) is 19.3 Å². The van der Waals surface area contributed by atoms with Crippen molar-refractivity contribution in [2.24, 2.45) is 5.92 Å². The molecule has 1 atom stereocenters. The third kappa shape index (κ3) is 5.64. The summed E-state index contributed by atoms with van der Waals surface area (Å²) in [6, 6.07) is 11.6. The molecule has 0 saturated carbocycles. The third-order valence-corrected chi connectivity index (χ3v) is 5.21. The second kappa shape index (κ2) is 9.82. The molecule has 4 rings (SSSR count). The zero-order valence-corrected chi connectivity index (χ0v) is 17.3. The Kier molecular flexibility index (Phi) is 6.70. The first-order valence-electron chi connectivity index (χ1n) is 10.3. The first-order valence-corrected chi connectivity index (χ1v) is 10.3. The fraction of sp³-hybridized carbons (Fsp3) is 0.292. The van der Waals surface area contributed by atoms with Crippen LogP contribution < -0.4 is 5.43 Å². The Morgan fingerprint density at radius 1 is 1.12 bits per heavy atom. The molecule has 1 aliphatic heterocycles. The Hall–Kier alpha value is -3.39. The second-order valence-electron chi connectivity index (χ2n) is 7.79. The van der Waals surface area contributed by atoms with Gasteiger partial charge in [0.1, 0.15) is 17.3 Å². The molecule has 0 radical (unpaired) electrons. The quantitative estimate of drug-likeness (QED) is 0.528. The molecule has 2 aromatic carbocycles. The number of hydrogen-bond donors (Lipinski definition) is 0. The van der Waals surface area contributed by atoms with Gasteiger partial charge in [-0.1, -0.05) is 24.3 Å². The highest BCUT2D eigenvalue weighted by Gasteiger charge is 2.18. The molecule has 8 heteroatoms. The summed E-state index contributed by atoms with van der Waals surface area (Å²) >= 11 is 0. The average molecular weight is 440 g/mol. The van der Waals surface area contributed by atoms with Gasteiger partial charge in [0.2, 0.25) is 5.43 Å². The summed E-state index contributed by atoms with van der Waals surface area (Å²) in [7, 11) is 0. The highest BCUT2D eigenvalue weighted by atomic mass is 19.1. The Bertz CT molecular complexity index is 1150. The second-order valence-corrected chi connectivity index (χ2v) is 7.79. The number of carbonyl (C=O) groups is 1. The number of carbonyl (C=O) groups excluding carboxylic acids is 1. The smallest absolute Gasteiger partial charge is 0.310 e. The Balaban J connectivity index is 1.46. The number of rotatable bonds is 7. The molecule has 0 spiro atoms. The van der Waals surface area contributed by atoms with Crippen LogP contribution in [0.15, 0.2) is 59.5 Å². The van der Waals surface area contributed by atoms with Gasteiger partial charge in [0.25, 0.3) is 0 Å². The summed E-state index contributed by atoms with van der Waals surface area (Å²) in [6.07, 6.45) is 2.59. The maximum Gasteiger partial charge on any atom is 0.310 e. The van der Waals surface area contributed by atoms with Gasteiger partial charge in [-0.2, -0.15) is 5.10 Å². The summed E-state index contributed by atoms with van der Waals surface area (Å²) in [5.74, 6) is -1.53. The van der Waals surface area contributed by atoms with Crippen molar-refractivity contribution in [1.82, 2.24) is 9.78 Å². The molecule has 166 valence electrons. The minimum atomic E-state index is -0.734. The molecule has 0 amide bonds. The third-order valence-electron chi connectivity index (χ3n) is 5.21. The first kappa shape index (κ1) is 21.8. The van der Waals surface area contributed by atoms with Crippen LogP contribution in [0.4, 0.5) is 8.78 Å². The van der Waals surface area contributed by atoms with Crippen LogP contribution in [0.1, 0.15) is 23.2 Å². The lowest BCUT2D eigenvalue weighted by Gasteiger charge is -2.10. The maximum absolute atomic E-state index is 13.5. The standard InChI is InChI=1S/C24H22F2N2O4/c25-19-11-20(26)13-21(12-19)28-6-4-23(29)22(27-28)9-16-2-1-3-17(8-16)10-24(30)32-15-18-5-7-31-14-18/h1-4,6,8,11-13,18H,5,7,9-10,14-15H2. The fourth-order valence-corrected chi connectivity index (χ4v) is 3.57. The molecule has 3 aromatic rings. The molecule has 1 saturated heterocycles. The fourth-order valence-electron chi connectivity index (χ4n) is 3.57. The summed E-state index contributed by atoms with van der Waals surface area (Å²) in [6.45, 7) is 1.67. The molecular weight excluding hydrogens is 418 g/mol. The lowest BCUT2D eigenvalue weighted by atomic mass is 10.0. The van der Waals surface area contributed by atoms with E-state index in [-0.39, 0.29) is 41.5 Å². The molecule has 1 aromatic heterocycles. The van der Waals surface area contributed by atoms with E-state index in [1.165, 1.54) is 16.9 Å². The van der Waals surface area contributed by atoms with E-state index in [9.17, 15) is 18.4 Å². The van der Waals surface area contributed by atoms with Gasteiger partial charge in [0.05, 0.1) is 25.3 Å². The minimum absolute atomic E-state index is 0.121. The van der Waals surface area contributed by atoms with Gasteiger partial charge in [0, 0.05) is 37.3 Å². The molecule has 1 aliphatic rings. The van der Waals surface area contributed by atoms with E-state index < -0.39 is 11.6 Å². The van der Waals surface area contributed by atoms with Crippen molar-refractivity contribution in [3.8, 4) is 5.69 Å². The van der Waals surface area contributed by atoms with Crippen molar-refractivity contribution >= 4 is 5.97 Å². The highest BCUT2D eigenvalue weighted by Crippen LogP contribution is 2.15. The largest absolute Gasteiger partial charge is 0.465 e. The van der Waals surface area contributed by atoms with Gasteiger partial charge < -0.3 is 9.47 Å². The van der Waals surface area contributed by atoms with Crippen LogP contribution in [0.2, 0.25) is 0 Å². The van der Waals surface area contributed by atoms with Crippen molar-refractivity contribution < 1.29 is 23.0 Å². The predicted molar refractivity (Wildman–Crippen MR) is 113 cm³/mol. The Morgan fingerprint density at radius 2 is 1.91 bits per heavy atom. The van der Waals surface area contributed by atoms with Gasteiger partial charge in [-0.25, -0.2) is 13.5 Å². The van der Waals surface area contributed by atoms with Crippen molar-refractivity contribution in [2.75, 3.05) is 19.8 Å². The van der Waals surface area contributed by atoms with Crippen molar-refractivity contribution in [1.29, 1.82) is 0 Å². The topological polar surface area (TPSA) is 70.4 Å². The molecular formula is C24H22F2N2O4. The Labute approximate surface area is 183 Å². The SMILES string of the molecule is O=C(Cc1cccc(Cc2nn(-c3cc(F)cc(F)c3)ccc2=O)c1)OCC1CCOC1. The number of nitrogens with zero attached hydrogens (tertiary/aromatic N) is 2. The van der Waals surface area contributed by atoms with Gasteiger partial charge in [-0.15, -0.1) is 0 Å². The number of hydrogen-bond acceptors (Lipinski definition) is 5. The van der Waals surface area contributed by atoms with Crippen LogP contribution >= 0.6 is 0 Å². The van der Waals surface area contributed by atoms with E-state index in [2.05, 4.69) is 5.10 Å². The average Bonchev–Trinajstić information content (AvgIpc) is 3.27. The predicted octanol–water partition coefficient (Wildman–Crippen LogP) is 3.22. The van der Waals surface area contributed by atoms with Crippen LogP contribution in [-0.4, -0.2) is 35.6 Å². The molecule has 0 bridgehead atoms. The monoisotopic (exact) mass is 440 g/mol. The molecule has 32 heavy (non-hydrogen) atoms. The Morgan fingerprint density at radius 3 is 2.66 bits per heavy atom. The van der Waals surface area contributed by atoms with Crippen LogP contribution in [0, 0.1) is 17.6 Å². The molecule has 6 nitrogen and oxygen atoms in total. The maximum atomic E-state index is 13.5. The van der Waals surface area contributed by atoms with Crippen molar-refractivity contribution in [3.63, 3.8) is 0 Å². The number of esters is 1. The summed E-state index contributed by atoms with van der Waals surface area (Å²) in [5, 5.41) is 4.25. The molecule has 1 unspecified atom stereocenters. The van der Waals surface area contributed by atoms with E-state index in [1.54, 1.807) is 6.07 Å². The number of halogens is 2. The normalized spacial score (nSPS) is 15.6. The van der Waals surface area contributed by atoms with Crippen molar-refractivity contribution in [3.05, 3.63) is 93.4 Å². The first-order chi connectivity index (χ1) is 15.5. The van der Waals surface area contributed by atoms with Gasteiger partial charge in [-0.3, -0.25) is 9.59 Å². The van der Waals surface area contributed by atoms with E-state index in [4.69, 9.17) is 9.47 Å². The van der Waals surface area contributed by atoms with Crippen LogP contribution in [0.3, 0.4) is 0 Å². The van der Waals surface area contributed by atoms with Gasteiger partial charge in [0.15, 0.2) is 0 Å². The van der Waals surface area contributed by atoms with E-state index in [1.807, 2.05) is 18.2 Å². The number of aromatic nitrogens is 2. The highest BCUT2D eigenvalue weighted by molar-refractivity contribution is 5.72. The van der Waals surface area contributed by atoms with Gasteiger partial charge >= 0.3 is 5.97 Å². The van der Waals surface area contributed by atoms with Crippen LogP contribution in [-0.2, 0) is 27.1 Å². The van der Waals surface area contributed by atoms with E-state index in [0.717, 1.165) is 35.7 Å². The number of benzene rings is 2. The molecule has 2 heterocycles. The van der Waals surface area contributed by atoms with Gasteiger partial charge in [-0.05, 0) is 29.7 Å². The lowest BCUT2D eigenvalue weighted by molar-refractivity contribution is -0.144. The summed E-state index contributed by atoms with van der Waals surface area (Å²) < 4.78 is 39.0. The summed E-state index contributed by atoms with van der Waals surface area (Å²) in [5.41, 5.74) is 1.65. The number of ether oxygens (including phenoxy) is 2. The zero-order valence-electron chi connectivity index (χ0n) is 17.3. The lowest BCUT2D eigenvalue weighted by Crippen LogP contribution is -2.17. The molecule has 1 fully saturated rings. The van der Waals surface area contributed by atoms with Crippen LogP contribution in [0.5, 0.6) is 0 Å². The molecule has 0 aliphatic carbocycles. The van der Waals surface area contributed by atoms with E-state index >= 15 is 0 Å². The molecule has 0 N–H and O–H groups in total. The minimum Gasteiger partial charge on any atom is -0.465 e. The van der Waals surface area contributed by atoms with Crippen LogP contribution in [0.25, 0.3) is 5.69 Å².